The van der Waals surface area contributed by atoms with E-state index < -0.39 is 11.5 Å². The second-order valence-corrected chi connectivity index (χ2v) is 6.95. The molecule has 8 heteroatoms. The highest BCUT2D eigenvalue weighted by atomic mass is 16.5. The number of carbonyl (C=O) groups is 3. The van der Waals surface area contributed by atoms with Crippen molar-refractivity contribution in [3.05, 3.63) is 0 Å². The maximum absolute atomic E-state index is 12.0. The van der Waals surface area contributed by atoms with Crippen molar-refractivity contribution in [1.82, 2.24) is 16.0 Å². The number of ether oxygens (including phenoxy) is 1. The minimum Gasteiger partial charge on any atom is -0.481 e. The third kappa shape index (κ3) is 9.28. The van der Waals surface area contributed by atoms with Crippen LogP contribution in [0.1, 0.15) is 58.3 Å². The molecule has 1 aliphatic rings. The van der Waals surface area contributed by atoms with Crippen LogP contribution in [0.2, 0.25) is 0 Å². The van der Waals surface area contributed by atoms with E-state index in [1.807, 2.05) is 0 Å². The van der Waals surface area contributed by atoms with Crippen LogP contribution in [0, 0.1) is 0 Å². The van der Waals surface area contributed by atoms with Gasteiger partial charge in [0.05, 0.1) is 18.6 Å². The van der Waals surface area contributed by atoms with E-state index in [2.05, 4.69) is 16.0 Å². The van der Waals surface area contributed by atoms with Crippen molar-refractivity contribution in [1.29, 1.82) is 0 Å². The molecule has 1 aliphatic carbocycles. The van der Waals surface area contributed by atoms with Crippen molar-refractivity contribution in [2.24, 2.45) is 0 Å². The topological polar surface area (TPSA) is 117 Å². The molecular weight excluding hydrogens is 326 g/mol. The smallest absolute Gasteiger partial charge is 0.315 e. The van der Waals surface area contributed by atoms with E-state index in [-0.39, 0.29) is 37.4 Å². The van der Waals surface area contributed by atoms with Gasteiger partial charge in [0.15, 0.2) is 0 Å². The highest BCUT2D eigenvalue weighted by Crippen LogP contribution is 2.17. The first-order valence-corrected chi connectivity index (χ1v) is 8.91. The molecule has 25 heavy (non-hydrogen) atoms. The fourth-order valence-electron chi connectivity index (χ4n) is 3.12. The molecule has 0 aromatic rings. The molecule has 1 fully saturated rings. The predicted octanol–water partition coefficient (Wildman–Crippen LogP) is 1.39. The molecular formula is C17H31N3O5. The monoisotopic (exact) mass is 357 g/mol. The molecule has 0 radical (unpaired) electrons. The van der Waals surface area contributed by atoms with Crippen molar-refractivity contribution in [3.63, 3.8) is 0 Å². The number of carbonyl (C=O) groups excluding carboxylic acids is 2. The van der Waals surface area contributed by atoms with Gasteiger partial charge in [0.25, 0.3) is 0 Å². The van der Waals surface area contributed by atoms with Crippen LogP contribution in [-0.4, -0.2) is 54.9 Å². The second-order valence-electron chi connectivity index (χ2n) is 6.95. The lowest BCUT2D eigenvalue weighted by Crippen LogP contribution is -2.50. The summed E-state index contributed by atoms with van der Waals surface area (Å²) in [5.41, 5.74) is -0.941. The van der Waals surface area contributed by atoms with E-state index in [1.54, 1.807) is 6.92 Å². The summed E-state index contributed by atoms with van der Waals surface area (Å²) in [7, 11) is 1.46. The Labute approximate surface area is 149 Å². The molecule has 0 aromatic heterocycles. The average molecular weight is 357 g/mol. The van der Waals surface area contributed by atoms with Gasteiger partial charge in [0.2, 0.25) is 5.91 Å². The third-order valence-electron chi connectivity index (χ3n) is 4.25. The molecule has 3 amide bonds. The minimum atomic E-state index is -0.999. The van der Waals surface area contributed by atoms with Gasteiger partial charge in [0.1, 0.15) is 0 Å². The van der Waals surface area contributed by atoms with Crippen LogP contribution in [0.15, 0.2) is 0 Å². The van der Waals surface area contributed by atoms with Crippen LogP contribution >= 0.6 is 0 Å². The van der Waals surface area contributed by atoms with Crippen LogP contribution in [-0.2, 0) is 14.3 Å². The fourth-order valence-corrected chi connectivity index (χ4v) is 3.12. The van der Waals surface area contributed by atoms with Crippen LogP contribution in [0.25, 0.3) is 0 Å². The van der Waals surface area contributed by atoms with E-state index in [4.69, 9.17) is 9.84 Å². The summed E-state index contributed by atoms with van der Waals surface area (Å²) < 4.78 is 4.99. The Bertz CT molecular complexity index is 452. The third-order valence-corrected chi connectivity index (χ3v) is 4.25. The van der Waals surface area contributed by atoms with Gasteiger partial charge in [-0.05, 0) is 26.2 Å². The first-order valence-electron chi connectivity index (χ1n) is 8.91. The first-order chi connectivity index (χ1) is 11.8. The van der Waals surface area contributed by atoms with Gasteiger partial charge in [-0.2, -0.15) is 0 Å². The molecule has 0 saturated heterocycles. The van der Waals surface area contributed by atoms with Crippen molar-refractivity contribution in [2.75, 3.05) is 20.3 Å². The summed E-state index contributed by atoms with van der Waals surface area (Å²) in [6.45, 7) is 2.15. The van der Waals surface area contributed by atoms with E-state index in [0.29, 0.717) is 13.0 Å². The highest BCUT2D eigenvalue weighted by molar-refractivity contribution is 5.78. The molecule has 144 valence electrons. The van der Waals surface area contributed by atoms with Crippen molar-refractivity contribution in [2.45, 2.75) is 69.9 Å². The minimum absolute atomic E-state index is 0.118. The molecule has 0 aromatic carbocycles. The largest absolute Gasteiger partial charge is 0.481 e. The number of amides is 3. The zero-order valence-corrected chi connectivity index (χ0v) is 15.2. The Kier molecular flexibility index (Phi) is 9.26. The summed E-state index contributed by atoms with van der Waals surface area (Å²) >= 11 is 0. The lowest BCUT2D eigenvalue weighted by atomic mass is 9.96. The number of hydrogen-bond donors (Lipinski definition) is 4. The van der Waals surface area contributed by atoms with E-state index in [9.17, 15) is 14.4 Å². The van der Waals surface area contributed by atoms with Gasteiger partial charge in [-0.1, -0.05) is 19.3 Å². The number of hydrogen-bond acceptors (Lipinski definition) is 4. The summed E-state index contributed by atoms with van der Waals surface area (Å²) in [5.74, 6) is -1.25. The Morgan fingerprint density at radius 3 is 2.48 bits per heavy atom. The Balaban J connectivity index is 2.22. The van der Waals surface area contributed by atoms with Crippen LogP contribution < -0.4 is 16.0 Å². The van der Waals surface area contributed by atoms with Gasteiger partial charge in [-0.3, -0.25) is 9.59 Å². The molecule has 0 aliphatic heterocycles. The van der Waals surface area contributed by atoms with Crippen molar-refractivity contribution < 1.29 is 24.2 Å². The normalized spacial score (nSPS) is 17.4. The van der Waals surface area contributed by atoms with Crippen LogP contribution in [0.5, 0.6) is 0 Å². The number of aliphatic carboxylic acids is 1. The fraction of sp³-hybridized carbons (Fsp3) is 0.824. The number of rotatable bonds is 10. The molecule has 0 spiro atoms. The molecule has 0 heterocycles. The zero-order chi connectivity index (χ0) is 18.7. The van der Waals surface area contributed by atoms with Gasteiger partial charge in [0, 0.05) is 26.1 Å². The summed E-state index contributed by atoms with van der Waals surface area (Å²) in [6, 6.07) is 0.0604. The quantitative estimate of drug-likeness (QED) is 0.441. The summed E-state index contributed by atoms with van der Waals surface area (Å²) in [5, 5.41) is 17.4. The maximum Gasteiger partial charge on any atom is 0.315 e. The van der Waals surface area contributed by atoms with E-state index in [0.717, 1.165) is 25.7 Å². The van der Waals surface area contributed by atoms with Gasteiger partial charge in [-0.25, -0.2) is 4.79 Å². The predicted molar refractivity (Wildman–Crippen MR) is 93.3 cm³/mol. The average Bonchev–Trinajstić information content (AvgIpc) is 2.51. The first kappa shape index (κ1) is 21.2. The molecule has 1 unspecified atom stereocenters. The molecule has 4 N–H and O–H groups in total. The zero-order valence-electron chi connectivity index (χ0n) is 15.2. The lowest BCUT2D eigenvalue weighted by molar-refractivity contribution is -0.139. The Hall–Kier alpha value is -1.83. The number of nitrogens with one attached hydrogen (secondary N) is 3. The van der Waals surface area contributed by atoms with Gasteiger partial charge in [-0.15, -0.1) is 0 Å². The van der Waals surface area contributed by atoms with Crippen molar-refractivity contribution in [3.8, 4) is 0 Å². The van der Waals surface area contributed by atoms with E-state index >= 15 is 0 Å². The molecule has 1 atom stereocenters. The second kappa shape index (κ2) is 10.9. The molecule has 1 rings (SSSR count). The number of urea groups is 1. The molecule has 1 saturated carbocycles. The molecule has 8 nitrogen and oxygen atoms in total. The number of carboxylic acids is 1. The summed E-state index contributed by atoms with van der Waals surface area (Å²) in [6.07, 6.45) is 6.08. The Morgan fingerprint density at radius 2 is 1.88 bits per heavy atom. The Morgan fingerprint density at radius 1 is 1.20 bits per heavy atom. The number of methoxy groups -OCH3 is 1. The summed E-state index contributed by atoms with van der Waals surface area (Å²) in [4.78, 5) is 34.7. The van der Waals surface area contributed by atoms with E-state index in [1.165, 1.54) is 13.5 Å². The van der Waals surface area contributed by atoms with Gasteiger partial charge < -0.3 is 25.8 Å². The van der Waals surface area contributed by atoms with Crippen LogP contribution in [0.3, 0.4) is 0 Å². The standard InChI is InChI=1S/C17H31N3O5/c1-17(12-25-2,11-15(22)23)20-14(21)9-6-10-18-16(24)19-13-7-4-3-5-8-13/h13H,3-12H2,1-2H3,(H,20,21)(H,22,23)(H2,18,19,24). The van der Waals surface area contributed by atoms with Crippen molar-refractivity contribution >= 4 is 17.9 Å². The number of carboxylic acid groups (broad SMARTS) is 1. The molecule has 0 bridgehead atoms. The maximum atomic E-state index is 12.0. The highest BCUT2D eigenvalue weighted by Gasteiger charge is 2.29. The van der Waals surface area contributed by atoms with Crippen LogP contribution in [0.4, 0.5) is 4.79 Å². The lowest BCUT2D eigenvalue weighted by Gasteiger charge is -2.28. The SMILES string of the molecule is COCC(C)(CC(=O)O)NC(=O)CCCNC(=O)NC1CCCCC1. The van der Waals surface area contributed by atoms with Gasteiger partial charge >= 0.3 is 12.0 Å².